The molecule has 0 spiro atoms. The highest BCUT2D eigenvalue weighted by Gasteiger charge is 2.12. The quantitative estimate of drug-likeness (QED) is 0.641. The Kier molecular flexibility index (Phi) is 7.96. The Labute approximate surface area is 155 Å². The fourth-order valence-electron chi connectivity index (χ4n) is 2.26. The summed E-state index contributed by atoms with van der Waals surface area (Å²) >= 11 is 0. The summed E-state index contributed by atoms with van der Waals surface area (Å²) in [6.45, 7) is 5.88. The number of nitrogens with one attached hydrogen (secondary N) is 1. The lowest BCUT2D eigenvalue weighted by Gasteiger charge is -2.12. The van der Waals surface area contributed by atoms with Crippen LogP contribution in [0.25, 0.3) is 0 Å². The van der Waals surface area contributed by atoms with Crippen molar-refractivity contribution >= 4 is 11.6 Å². The molecule has 0 heterocycles. The molecule has 5 nitrogen and oxygen atoms in total. The molecule has 0 aliphatic carbocycles. The Morgan fingerprint density at radius 3 is 2.38 bits per heavy atom. The fraction of sp³-hybridized carbons (Fsp3) is 0.381. The predicted molar refractivity (Wildman–Crippen MR) is 103 cm³/mol. The first kappa shape index (κ1) is 19.8. The van der Waals surface area contributed by atoms with Gasteiger partial charge >= 0.3 is 0 Å². The normalized spacial score (nSPS) is 10.6. The molecule has 0 fully saturated rings. The molecule has 26 heavy (non-hydrogen) atoms. The van der Waals surface area contributed by atoms with Crippen LogP contribution in [-0.2, 0) is 4.74 Å². The molecule has 0 saturated carbocycles. The predicted octanol–water partition coefficient (Wildman–Crippen LogP) is 4.39. The molecular weight excluding hydrogens is 330 g/mol. The Balaban J connectivity index is 1.95. The molecule has 0 unspecified atom stereocenters. The van der Waals surface area contributed by atoms with Crippen LogP contribution in [0.1, 0.15) is 30.6 Å². The summed E-state index contributed by atoms with van der Waals surface area (Å²) in [5.41, 5.74) is 1.19. The lowest BCUT2D eigenvalue weighted by molar-refractivity contribution is 0.101. The Morgan fingerprint density at radius 2 is 1.69 bits per heavy atom. The maximum absolute atomic E-state index is 12.5. The van der Waals surface area contributed by atoms with Gasteiger partial charge in [0.25, 0.3) is 5.91 Å². The number of ether oxygens (including phenoxy) is 3. The van der Waals surface area contributed by atoms with Crippen LogP contribution in [0.2, 0.25) is 0 Å². The van der Waals surface area contributed by atoms with Crippen molar-refractivity contribution in [3.63, 3.8) is 0 Å². The third-order valence-corrected chi connectivity index (χ3v) is 3.75. The molecule has 0 atom stereocenters. The van der Waals surface area contributed by atoms with Gasteiger partial charge in [0.1, 0.15) is 18.1 Å². The topological polar surface area (TPSA) is 56.8 Å². The highest BCUT2D eigenvalue weighted by Crippen LogP contribution is 2.21. The monoisotopic (exact) mass is 357 g/mol. The van der Waals surface area contributed by atoms with Gasteiger partial charge in [-0.25, -0.2) is 0 Å². The SMILES string of the molecule is COCCOc1ccccc1C(=O)Nc1ccc(OCCC(C)C)cc1. The van der Waals surface area contributed by atoms with Crippen LogP contribution in [0.5, 0.6) is 11.5 Å². The van der Waals surface area contributed by atoms with Crippen LogP contribution in [0.3, 0.4) is 0 Å². The number of hydrogen-bond acceptors (Lipinski definition) is 4. The van der Waals surface area contributed by atoms with E-state index in [9.17, 15) is 4.79 Å². The van der Waals surface area contributed by atoms with Gasteiger partial charge in [-0.05, 0) is 48.7 Å². The Bertz CT molecular complexity index is 683. The summed E-state index contributed by atoms with van der Waals surface area (Å²) in [5, 5.41) is 2.88. The summed E-state index contributed by atoms with van der Waals surface area (Å²) in [4.78, 5) is 12.5. The van der Waals surface area contributed by atoms with Gasteiger partial charge in [-0.1, -0.05) is 26.0 Å². The molecule has 140 valence electrons. The van der Waals surface area contributed by atoms with Gasteiger partial charge in [0, 0.05) is 12.8 Å². The molecule has 2 aromatic carbocycles. The van der Waals surface area contributed by atoms with Crippen LogP contribution in [0.4, 0.5) is 5.69 Å². The molecule has 2 rings (SSSR count). The summed E-state index contributed by atoms with van der Waals surface area (Å²) < 4.78 is 16.3. The minimum Gasteiger partial charge on any atom is -0.494 e. The average molecular weight is 357 g/mol. The number of hydrogen-bond donors (Lipinski definition) is 1. The van der Waals surface area contributed by atoms with E-state index in [-0.39, 0.29) is 5.91 Å². The second kappa shape index (κ2) is 10.5. The van der Waals surface area contributed by atoms with Gasteiger partial charge in [-0.15, -0.1) is 0 Å². The molecule has 5 heteroatoms. The van der Waals surface area contributed by atoms with E-state index in [0.29, 0.717) is 42.7 Å². The van der Waals surface area contributed by atoms with Crippen LogP contribution in [-0.4, -0.2) is 32.8 Å². The average Bonchev–Trinajstić information content (AvgIpc) is 2.63. The Morgan fingerprint density at radius 1 is 0.962 bits per heavy atom. The van der Waals surface area contributed by atoms with E-state index in [4.69, 9.17) is 14.2 Å². The maximum atomic E-state index is 12.5. The molecule has 2 aromatic rings. The number of benzene rings is 2. The number of anilines is 1. The summed E-state index contributed by atoms with van der Waals surface area (Å²) in [6.07, 6.45) is 1.01. The van der Waals surface area contributed by atoms with Crippen LogP contribution in [0.15, 0.2) is 48.5 Å². The van der Waals surface area contributed by atoms with E-state index in [0.717, 1.165) is 12.2 Å². The van der Waals surface area contributed by atoms with E-state index < -0.39 is 0 Å². The number of methoxy groups -OCH3 is 1. The molecule has 0 aliphatic rings. The molecule has 0 aromatic heterocycles. The zero-order valence-electron chi connectivity index (χ0n) is 15.7. The van der Waals surface area contributed by atoms with Crippen molar-refractivity contribution < 1.29 is 19.0 Å². The second-order valence-corrected chi connectivity index (χ2v) is 6.35. The van der Waals surface area contributed by atoms with Crippen LogP contribution >= 0.6 is 0 Å². The highest BCUT2D eigenvalue weighted by molar-refractivity contribution is 6.06. The van der Waals surface area contributed by atoms with Crippen molar-refractivity contribution in [2.75, 3.05) is 32.2 Å². The first-order chi connectivity index (χ1) is 12.6. The Hall–Kier alpha value is -2.53. The second-order valence-electron chi connectivity index (χ2n) is 6.35. The van der Waals surface area contributed by atoms with E-state index in [1.807, 2.05) is 36.4 Å². The minimum atomic E-state index is -0.216. The molecule has 0 saturated heterocycles. The van der Waals surface area contributed by atoms with Crippen molar-refractivity contribution in [2.24, 2.45) is 5.92 Å². The molecule has 0 bridgehead atoms. The van der Waals surface area contributed by atoms with Crippen molar-refractivity contribution in [2.45, 2.75) is 20.3 Å². The van der Waals surface area contributed by atoms with Crippen molar-refractivity contribution in [1.29, 1.82) is 0 Å². The minimum absolute atomic E-state index is 0.216. The molecular formula is C21H27NO4. The zero-order valence-corrected chi connectivity index (χ0v) is 15.7. The van der Waals surface area contributed by atoms with E-state index in [2.05, 4.69) is 19.2 Å². The largest absolute Gasteiger partial charge is 0.494 e. The van der Waals surface area contributed by atoms with E-state index in [1.54, 1.807) is 19.2 Å². The summed E-state index contributed by atoms with van der Waals surface area (Å²) in [7, 11) is 1.61. The summed E-state index contributed by atoms with van der Waals surface area (Å²) in [5.74, 6) is 1.73. The number of carbonyl (C=O) groups is 1. The van der Waals surface area contributed by atoms with Crippen molar-refractivity contribution in [3.8, 4) is 11.5 Å². The number of carbonyl (C=O) groups excluding carboxylic acids is 1. The smallest absolute Gasteiger partial charge is 0.259 e. The van der Waals surface area contributed by atoms with Gasteiger partial charge in [0.05, 0.1) is 18.8 Å². The third kappa shape index (κ3) is 6.41. The molecule has 1 N–H and O–H groups in total. The maximum Gasteiger partial charge on any atom is 0.259 e. The lowest BCUT2D eigenvalue weighted by atomic mass is 10.1. The van der Waals surface area contributed by atoms with Gasteiger partial charge in [-0.3, -0.25) is 4.79 Å². The first-order valence-corrected chi connectivity index (χ1v) is 8.85. The number of amides is 1. The van der Waals surface area contributed by atoms with E-state index in [1.165, 1.54) is 0 Å². The van der Waals surface area contributed by atoms with Crippen LogP contribution < -0.4 is 14.8 Å². The number of para-hydroxylation sites is 1. The highest BCUT2D eigenvalue weighted by atomic mass is 16.5. The zero-order chi connectivity index (χ0) is 18.8. The van der Waals surface area contributed by atoms with Gasteiger partial charge < -0.3 is 19.5 Å². The summed E-state index contributed by atoms with van der Waals surface area (Å²) in [6, 6.07) is 14.5. The standard InChI is InChI=1S/C21H27NO4/c1-16(2)12-13-25-18-10-8-17(9-11-18)22-21(23)19-6-4-5-7-20(19)26-15-14-24-3/h4-11,16H,12-15H2,1-3H3,(H,22,23). The molecule has 0 radical (unpaired) electrons. The van der Waals surface area contributed by atoms with E-state index >= 15 is 0 Å². The fourth-order valence-corrected chi connectivity index (χ4v) is 2.26. The van der Waals surface area contributed by atoms with Gasteiger partial charge in [-0.2, -0.15) is 0 Å². The lowest BCUT2D eigenvalue weighted by Crippen LogP contribution is -2.14. The number of rotatable bonds is 10. The molecule has 0 aliphatic heterocycles. The third-order valence-electron chi connectivity index (χ3n) is 3.75. The first-order valence-electron chi connectivity index (χ1n) is 8.85. The van der Waals surface area contributed by atoms with Crippen molar-refractivity contribution in [3.05, 3.63) is 54.1 Å². The molecule has 1 amide bonds. The van der Waals surface area contributed by atoms with Crippen LogP contribution in [0, 0.1) is 5.92 Å². The van der Waals surface area contributed by atoms with Gasteiger partial charge in [0.2, 0.25) is 0 Å². The van der Waals surface area contributed by atoms with Gasteiger partial charge in [0.15, 0.2) is 0 Å². The van der Waals surface area contributed by atoms with Crippen molar-refractivity contribution in [1.82, 2.24) is 0 Å².